The van der Waals surface area contributed by atoms with E-state index in [2.05, 4.69) is 53.7 Å². The lowest BCUT2D eigenvalue weighted by molar-refractivity contribution is 0.0839. The Balaban J connectivity index is 1.79. The fraction of sp³-hybridized carbons (Fsp3) is 0.514. The predicted octanol–water partition coefficient (Wildman–Crippen LogP) is 9.00. The van der Waals surface area contributed by atoms with Crippen molar-refractivity contribution in [1.82, 2.24) is 0 Å². The standard InChI is InChI=1S/C35H44O4/c1-19(2)24-14-12-21(5)16-26(24)30-33(37)31(27-17-22(6)13-15-25(27)20(3)4)35-32(34(30)38)28(36)18-29(39-35)23-10-8-7-9-11-23/h7-11,16-17,19-20,24-27,29,37-38H,12-15,18H2,1-6H3/t24-,25-,26+,27+,29+/m0/s1. The molecule has 0 bridgehead atoms. The van der Waals surface area contributed by atoms with Crippen LogP contribution in [0.4, 0.5) is 0 Å². The number of hydrogen-bond acceptors (Lipinski definition) is 4. The van der Waals surface area contributed by atoms with Crippen LogP contribution in [0, 0.1) is 23.7 Å². The third kappa shape index (κ3) is 5.03. The van der Waals surface area contributed by atoms with E-state index < -0.39 is 6.10 Å². The monoisotopic (exact) mass is 528 g/mol. The number of carbonyl (C=O) groups is 1. The molecule has 1 aliphatic heterocycles. The van der Waals surface area contributed by atoms with E-state index in [1.165, 1.54) is 11.1 Å². The number of fused-ring (bicyclic) bond motifs is 1. The summed E-state index contributed by atoms with van der Waals surface area (Å²) in [5.41, 5.74) is 4.92. The zero-order chi connectivity index (χ0) is 28.0. The summed E-state index contributed by atoms with van der Waals surface area (Å²) in [5, 5.41) is 24.1. The second-order valence-electron chi connectivity index (χ2n) is 12.8. The highest BCUT2D eigenvalue weighted by atomic mass is 16.5. The number of phenols is 2. The Kier molecular flexibility index (Phi) is 7.68. The van der Waals surface area contributed by atoms with Gasteiger partial charge in [0.1, 0.15) is 28.9 Å². The lowest BCUT2D eigenvalue weighted by atomic mass is 9.68. The van der Waals surface area contributed by atoms with Gasteiger partial charge in [-0.25, -0.2) is 0 Å². The van der Waals surface area contributed by atoms with Crippen molar-refractivity contribution in [3.05, 3.63) is 75.9 Å². The van der Waals surface area contributed by atoms with E-state index in [4.69, 9.17) is 4.74 Å². The number of allylic oxidation sites excluding steroid dienone is 4. The maximum Gasteiger partial charge on any atom is 0.174 e. The Bertz CT molecular complexity index is 1300. The summed E-state index contributed by atoms with van der Waals surface area (Å²) in [6.45, 7) is 13.2. The molecule has 2 aliphatic carbocycles. The maximum atomic E-state index is 13.9. The summed E-state index contributed by atoms with van der Waals surface area (Å²) in [6, 6.07) is 9.79. The molecule has 4 nitrogen and oxygen atoms in total. The van der Waals surface area contributed by atoms with Gasteiger partial charge in [0.15, 0.2) is 5.78 Å². The van der Waals surface area contributed by atoms with Crippen LogP contribution in [0.3, 0.4) is 0 Å². The molecule has 0 spiro atoms. The average Bonchev–Trinajstić information content (AvgIpc) is 2.88. The van der Waals surface area contributed by atoms with Crippen LogP contribution >= 0.6 is 0 Å². The summed E-state index contributed by atoms with van der Waals surface area (Å²) in [7, 11) is 0. The molecule has 5 rings (SSSR count). The van der Waals surface area contributed by atoms with Crippen LogP contribution in [0.25, 0.3) is 0 Å². The zero-order valence-corrected chi connectivity index (χ0v) is 24.3. The molecule has 0 radical (unpaired) electrons. The molecule has 0 fully saturated rings. The number of rotatable bonds is 5. The van der Waals surface area contributed by atoms with Gasteiger partial charge in [0, 0.05) is 23.0 Å². The van der Waals surface area contributed by atoms with Gasteiger partial charge in [-0.2, -0.15) is 0 Å². The molecule has 0 saturated carbocycles. The van der Waals surface area contributed by atoms with Crippen LogP contribution in [0.2, 0.25) is 0 Å². The fourth-order valence-electron chi connectivity index (χ4n) is 7.32. The van der Waals surface area contributed by atoms with E-state index in [1.807, 2.05) is 30.3 Å². The number of aromatic hydroxyl groups is 2. The van der Waals surface area contributed by atoms with Crippen LogP contribution in [-0.2, 0) is 0 Å². The third-order valence-electron chi connectivity index (χ3n) is 9.53. The highest BCUT2D eigenvalue weighted by Gasteiger charge is 2.43. The van der Waals surface area contributed by atoms with Crippen molar-refractivity contribution < 1.29 is 19.7 Å². The summed E-state index contributed by atoms with van der Waals surface area (Å²) in [6.07, 6.45) is 8.23. The van der Waals surface area contributed by atoms with E-state index >= 15 is 0 Å². The molecule has 2 aromatic carbocycles. The normalized spacial score (nSPS) is 27.2. The van der Waals surface area contributed by atoms with E-state index in [0.29, 0.717) is 34.6 Å². The summed E-state index contributed by atoms with van der Waals surface area (Å²) >= 11 is 0. The lowest BCUT2D eigenvalue weighted by Crippen LogP contribution is -2.27. The molecular weight excluding hydrogens is 484 g/mol. The van der Waals surface area contributed by atoms with Gasteiger partial charge in [0.05, 0.1) is 6.42 Å². The first-order valence-electron chi connectivity index (χ1n) is 14.8. The van der Waals surface area contributed by atoms with Crippen molar-refractivity contribution in [2.45, 2.75) is 91.6 Å². The topological polar surface area (TPSA) is 66.8 Å². The number of Topliss-reactive ketones (excluding diaryl/α,β-unsaturated/α-hetero) is 1. The first kappa shape index (κ1) is 27.6. The number of carbonyl (C=O) groups excluding carboxylic acids is 1. The van der Waals surface area contributed by atoms with Crippen LogP contribution in [0.15, 0.2) is 53.6 Å². The van der Waals surface area contributed by atoms with Crippen molar-refractivity contribution in [1.29, 1.82) is 0 Å². The number of ketones is 1. The first-order chi connectivity index (χ1) is 18.6. The van der Waals surface area contributed by atoms with E-state index in [9.17, 15) is 15.0 Å². The first-order valence-corrected chi connectivity index (χ1v) is 14.8. The SMILES string of the molecule is CC1=C[C@@H](c2c(O)c3c(c([C@@H]4C=C(C)CC[C@H]4C(C)C)c2O)O[C@@H](c2ccccc2)CC3=O)[C@H](C(C)C)CC1. The minimum absolute atomic E-state index is 0.0954. The van der Waals surface area contributed by atoms with E-state index in [0.717, 1.165) is 31.2 Å². The molecule has 4 heteroatoms. The van der Waals surface area contributed by atoms with Gasteiger partial charge in [-0.3, -0.25) is 4.79 Å². The fourth-order valence-corrected chi connectivity index (χ4v) is 7.32. The molecule has 3 aliphatic rings. The Morgan fingerprint density at radius 3 is 1.87 bits per heavy atom. The second kappa shape index (κ2) is 10.9. The van der Waals surface area contributed by atoms with Gasteiger partial charge < -0.3 is 14.9 Å². The lowest BCUT2D eigenvalue weighted by Gasteiger charge is -2.39. The van der Waals surface area contributed by atoms with Crippen LogP contribution < -0.4 is 4.74 Å². The molecule has 0 saturated heterocycles. The Morgan fingerprint density at radius 2 is 1.33 bits per heavy atom. The van der Waals surface area contributed by atoms with Gasteiger partial charge in [0.25, 0.3) is 0 Å². The van der Waals surface area contributed by atoms with Gasteiger partial charge in [-0.15, -0.1) is 0 Å². The van der Waals surface area contributed by atoms with Crippen molar-refractivity contribution in [3.8, 4) is 17.2 Å². The third-order valence-corrected chi connectivity index (χ3v) is 9.53. The van der Waals surface area contributed by atoms with E-state index in [1.54, 1.807) is 0 Å². The number of phenolic OH excluding ortho intramolecular Hbond substituents is 2. The van der Waals surface area contributed by atoms with Gasteiger partial charge in [0.2, 0.25) is 0 Å². The molecule has 0 amide bonds. The molecule has 39 heavy (non-hydrogen) atoms. The maximum absolute atomic E-state index is 13.9. The number of hydrogen-bond donors (Lipinski definition) is 2. The average molecular weight is 529 g/mol. The predicted molar refractivity (Wildman–Crippen MR) is 157 cm³/mol. The van der Waals surface area contributed by atoms with Crippen molar-refractivity contribution in [2.75, 3.05) is 0 Å². The molecule has 2 aromatic rings. The molecule has 2 N–H and O–H groups in total. The molecule has 1 heterocycles. The second-order valence-corrected chi connectivity index (χ2v) is 12.8. The summed E-state index contributed by atoms with van der Waals surface area (Å²) in [4.78, 5) is 13.9. The summed E-state index contributed by atoms with van der Waals surface area (Å²) < 4.78 is 6.65. The quantitative estimate of drug-likeness (QED) is 0.380. The minimum Gasteiger partial charge on any atom is -0.507 e. The van der Waals surface area contributed by atoms with Crippen molar-refractivity contribution >= 4 is 5.78 Å². The number of ether oxygens (including phenoxy) is 1. The van der Waals surface area contributed by atoms with E-state index in [-0.39, 0.29) is 47.0 Å². The Labute approximate surface area is 233 Å². The Morgan fingerprint density at radius 1 is 0.795 bits per heavy atom. The van der Waals surface area contributed by atoms with Crippen molar-refractivity contribution in [2.24, 2.45) is 23.7 Å². The van der Waals surface area contributed by atoms with Gasteiger partial charge in [-0.1, -0.05) is 81.3 Å². The summed E-state index contributed by atoms with van der Waals surface area (Å²) in [5.74, 6) is 1.31. The Hall–Kier alpha value is -3.01. The molecule has 0 unspecified atom stereocenters. The highest BCUT2D eigenvalue weighted by molar-refractivity contribution is 6.04. The van der Waals surface area contributed by atoms with Crippen LogP contribution in [0.1, 0.15) is 119 Å². The number of benzene rings is 2. The highest BCUT2D eigenvalue weighted by Crippen LogP contribution is 2.58. The molecular formula is C35H44O4. The molecule has 208 valence electrons. The van der Waals surface area contributed by atoms with Crippen LogP contribution in [0.5, 0.6) is 17.2 Å². The smallest absolute Gasteiger partial charge is 0.174 e. The largest absolute Gasteiger partial charge is 0.507 e. The minimum atomic E-state index is -0.457. The molecule has 0 aromatic heterocycles. The zero-order valence-electron chi connectivity index (χ0n) is 24.3. The van der Waals surface area contributed by atoms with Gasteiger partial charge in [-0.05, 0) is 68.8 Å². The van der Waals surface area contributed by atoms with Crippen molar-refractivity contribution in [3.63, 3.8) is 0 Å². The molecule has 5 atom stereocenters. The van der Waals surface area contributed by atoms with Crippen LogP contribution in [-0.4, -0.2) is 16.0 Å². The van der Waals surface area contributed by atoms with Gasteiger partial charge >= 0.3 is 0 Å².